The Bertz CT molecular complexity index is 456. The third-order valence-electron chi connectivity index (χ3n) is 1.49. The second-order valence-corrected chi connectivity index (χ2v) is 3.02. The van der Waals surface area contributed by atoms with Crippen molar-refractivity contribution in [3.05, 3.63) is 11.7 Å². The SMILES string of the molecule is c1nn2cc3nnnc-3nc2s1. The molecule has 0 atom stereocenters. The summed E-state index contributed by atoms with van der Waals surface area (Å²) in [5.41, 5.74) is 2.38. The molecule has 0 aromatic carbocycles. The quantitative estimate of drug-likeness (QED) is 0.487. The van der Waals surface area contributed by atoms with Crippen LogP contribution in [0.1, 0.15) is 0 Å². The van der Waals surface area contributed by atoms with Crippen LogP contribution in [0.4, 0.5) is 0 Å². The van der Waals surface area contributed by atoms with Crippen LogP contribution in [0, 0.1) is 0 Å². The fourth-order valence-electron chi connectivity index (χ4n) is 0.969. The smallest absolute Gasteiger partial charge is 0.210 e. The number of nitrogens with zero attached hydrogens (tertiary/aromatic N) is 6. The van der Waals surface area contributed by atoms with Gasteiger partial charge in [0.1, 0.15) is 5.51 Å². The van der Waals surface area contributed by atoms with Crippen LogP contribution in [0.3, 0.4) is 0 Å². The Morgan fingerprint density at radius 3 is 3.33 bits per heavy atom. The van der Waals surface area contributed by atoms with Gasteiger partial charge in [-0.05, 0) is 5.21 Å². The van der Waals surface area contributed by atoms with E-state index in [0.717, 1.165) is 4.96 Å². The van der Waals surface area contributed by atoms with E-state index in [1.54, 1.807) is 16.2 Å². The fourth-order valence-corrected chi connectivity index (χ4v) is 1.56. The molecular weight excluding hydrogens is 176 g/mol. The van der Waals surface area contributed by atoms with Gasteiger partial charge in [0.05, 0.1) is 6.20 Å². The average molecular weight is 178 g/mol. The molecule has 0 unspecified atom stereocenters. The molecule has 3 rings (SSSR count). The lowest BCUT2D eigenvalue weighted by Crippen LogP contribution is -1.93. The molecule has 0 N–H and O–H groups in total. The van der Waals surface area contributed by atoms with E-state index in [1.807, 2.05) is 0 Å². The van der Waals surface area contributed by atoms with E-state index in [2.05, 4.69) is 25.5 Å². The van der Waals surface area contributed by atoms with Crippen LogP contribution < -0.4 is 0 Å². The lowest BCUT2D eigenvalue weighted by atomic mass is 10.4. The molecule has 12 heavy (non-hydrogen) atoms. The van der Waals surface area contributed by atoms with E-state index in [0.29, 0.717) is 11.5 Å². The predicted octanol–water partition coefficient (Wildman–Crippen LogP) is 0.0806. The van der Waals surface area contributed by atoms with Crippen LogP contribution in [0.25, 0.3) is 16.5 Å². The fraction of sp³-hybridized carbons (Fsp3) is 0. The molecule has 0 amide bonds. The molecular formula is C5H2N6S. The van der Waals surface area contributed by atoms with E-state index in [-0.39, 0.29) is 0 Å². The van der Waals surface area contributed by atoms with Crippen LogP contribution in [0.15, 0.2) is 11.7 Å². The first-order valence-corrected chi connectivity index (χ1v) is 4.09. The van der Waals surface area contributed by atoms with Gasteiger partial charge < -0.3 is 0 Å². The Morgan fingerprint density at radius 2 is 2.33 bits per heavy atom. The van der Waals surface area contributed by atoms with Crippen molar-refractivity contribution in [2.24, 2.45) is 0 Å². The van der Waals surface area contributed by atoms with E-state index in [4.69, 9.17) is 0 Å². The summed E-state index contributed by atoms with van der Waals surface area (Å²) in [5.74, 6) is 0.569. The Kier molecular flexibility index (Phi) is 0.965. The molecule has 7 heteroatoms. The maximum absolute atomic E-state index is 4.18. The number of aromatic nitrogens is 6. The second kappa shape index (κ2) is 1.95. The Balaban J connectivity index is 2.56. The first kappa shape index (κ1) is 5.95. The molecule has 3 heterocycles. The van der Waals surface area contributed by atoms with Gasteiger partial charge in [0, 0.05) is 0 Å². The van der Waals surface area contributed by atoms with Gasteiger partial charge in [-0.1, -0.05) is 11.3 Å². The highest BCUT2D eigenvalue weighted by Gasteiger charge is 2.10. The standard InChI is InChI=1S/C5H2N6S/c1-3-4(9-10-8-3)7-5-11(1)6-2-12-5/h1-2H. The highest BCUT2D eigenvalue weighted by molar-refractivity contribution is 7.14. The summed E-state index contributed by atoms with van der Waals surface area (Å²) >= 11 is 1.45. The third-order valence-corrected chi connectivity index (χ3v) is 2.18. The highest BCUT2D eigenvalue weighted by atomic mass is 32.1. The topological polar surface area (TPSA) is 68.9 Å². The van der Waals surface area contributed by atoms with E-state index >= 15 is 0 Å². The molecule has 0 saturated heterocycles. The maximum atomic E-state index is 4.18. The normalized spacial score (nSPS) is 11.3. The van der Waals surface area contributed by atoms with E-state index < -0.39 is 0 Å². The number of fused-ring (bicyclic) bond motifs is 2. The summed E-state index contributed by atoms with van der Waals surface area (Å²) in [5, 5.41) is 15.0. The van der Waals surface area contributed by atoms with E-state index in [9.17, 15) is 0 Å². The summed E-state index contributed by atoms with van der Waals surface area (Å²) in [6.07, 6.45) is 1.76. The van der Waals surface area contributed by atoms with Crippen LogP contribution in [-0.2, 0) is 0 Å². The zero-order chi connectivity index (χ0) is 7.97. The highest BCUT2D eigenvalue weighted by Crippen LogP contribution is 2.15. The molecule has 0 bridgehead atoms. The monoisotopic (exact) mass is 178 g/mol. The van der Waals surface area contributed by atoms with Crippen molar-refractivity contribution in [2.75, 3.05) is 0 Å². The average Bonchev–Trinajstić information content (AvgIpc) is 2.64. The predicted molar refractivity (Wildman–Crippen MR) is 40.9 cm³/mol. The zero-order valence-electron chi connectivity index (χ0n) is 5.75. The minimum atomic E-state index is 0.569. The lowest BCUT2D eigenvalue weighted by Gasteiger charge is -1.92. The third kappa shape index (κ3) is 0.654. The number of hydrogen-bond acceptors (Lipinski definition) is 6. The van der Waals surface area contributed by atoms with Crippen LogP contribution >= 0.6 is 11.3 Å². The number of rotatable bonds is 0. The first-order chi connectivity index (χ1) is 5.93. The largest absolute Gasteiger partial charge is 0.213 e. The van der Waals surface area contributed by atoms with Crippen molar-refractivity contribution in [1.82, 2.24) is 30.0 Å². The summed E-state index contributed by atoms with van der Waals surface area (Å²) in [6.45, 7) is 0. The molecule has 1 aromatic heterocycles. The number of hydrogen-bond donors (Lipinski definition) is 0. The molecule has 2 aliphatic heterocycles. The summed E-state index contributed by atoms with van der Waals surface area (Å²) in [7, 11) is 0. The molecule has 58 valence electrons. The summed E-state index contributed by atoms with van der Waals surface area (Å²) in [6, 6.07) is 0. The molecule has 6 nitrogen and oxygen atoms in total. The van der Waals surface area contributed by atoms with Gasteiger partial charge in [0.2, 0.25) is 10.8 Å². The van der Waals surface area contributed by atoms with Crippen LogP contribution in [0.2, 0.25) is 0 Å². The van der Waals surface area contributed by atoms with E-state index in [1.165, 1.54) is 11.3 Å². The minimum Gasteiger partial charge on any atom is -0.210 e. The van der Waals surface area contributed by atoms with Gasteiger partial charge in [-0.15, -0.1) is 10.2 Å². The van der Waals surface area contributed by atoms with Crippen molar-refractivity contribution < 1.29 is 0 Å². The van der Waals surface area contributed by atoms with Gasteiger partial charge in [-0.25, -0.2) is 4.52 Å². The van der Waals surface area contributed by atoms with Crippen LogP contribution in [-0.4, -0.2) is 30.0 Å². The van der Waals surface area contributed by atoms with Crippen LogP contribution in [0.5, 0.6) is 0 Å². The Labute approximate surface area is 70.2 Å². The lowest BCUT2D eigenvalue weighted by molar-refractivity contribution is 0.933. The molecule has 0 saturated carbocycles. The summed E-state index contributed by atoms with van der Waals surface area (Å²) < 4.78 is 1.66. The van der Waals surface area contributed by atoms with Crippen molar-refractivity contribution in [3.63, 3.8) is 0 Å². The van der Waals surface area contributed by atoms with Gasteiger partial charge in [0.15, 0.2) is 5.69 Å². The van der Waals surface area contributed by atoms with Crippen molar-refractivity contribution in [3.8, 4) is 11.5 Å². The Morgan fingerprint density at radius 1 is 1.33 bits per heavy atom. The molecule has 0 aliphatic carbocycles. The Hall–Kier alpha value is -1.63. The molecule has 0 spiro atoms. The van der Waals surface area contributed by atoms with Gasteiger partial charge in [0.25, 0.3) is 0 Å². The molecule has 2 aliphatic rings. The summed E-state index contributed by atoms with van der Waals surface area (Å²) in [4.78, 5) is 4.98. The van der Waals surface area contributed by atoms with Gasteiger partial charge in [-0.2, -0.15) is 10.1 Å². The van der Waals surface area contributed by atoms with Crippen molar-refractivity contribution in [2.45, 2.75) is 0 Å². The first-order valence-electron chi connectivity index (χ1n) is 3.21. The molecule has 1 aromatic rings. The second-order valence-electron chi connectivity index (χ2n) is 2.21. The van der Waals surface area contributed by atoms with Gasteiger partial charge >= 0.3 is 0 Å². The van der Waals surface area contributed by atoms with Crippen molar-refractivity contribution >= 4 is 16.3 Å². The maximum Gasteiger partial charge on any atom is 0.213 e. The minimum absolute atomic E-state index is 0.569. The van der Waals surface area contributed by atoms with Gasteiger partial charge in [-0.3, -0.25) is 0 Å². The molecule has 0 fully saturated rings. The van der Waals surface area contributed by atoms with Crippen molar-refractivity contribution in [1.29, 1.82) is 0 Å². The zero-order valence-corrected chi connectivity index (χ0v) is 6.56. The molecule has 0 radical (unpaired) electrons.